The third-order valence-electron chi connectivity index (χ3n) is 3.26. The summed E-state index contributed by atoms with van der Waals surface area (Å²) in [4.78, 5) is 16.5. The summed E-state index contributed by atoms with van der Waals surface area (Å²) in [6.07, 6.45) is 3.28. The number of H-pyrrole nitrogens is 1. The van der Waals surface area contributed by atoms with E-state index < -0.39 is 0 Å². The lowest BCUT2D eigenvalue weighted by atomic mass is 10.1. The summed E-state index contributed by atoms with van der Waals surface area (Å²) < 4.78 is 0. The predicted molar refractivity (Wildman–Crippen MR) is 96.5 cm³/mol. The minimum atomic E-state index is 0.557. The Morgan fingerprint density at radius 3 is 2.61 bits per heavy atom. The molecule has 0 bridgehead atoms. The maximum absolute atomic E-state index is 5.99. The first-order valence-corrected chi connectivity index (χ1v) is 8.79. The molecule has 1 aromatic carbocycles. The van der Waals surface area contributed by atoms with E-state index in [0.29, 0.717) is 10.3 Å². The fraction of sp³-hybridized carbons (Fsp3) is 0.235. The van der Waals surface area contributed by atoms with Crippen LogP contribution >= 0.6 is 23.4 Å². The molecule has 2 aromatic heterocycles. The average molecular weight is 345 g/mol. The minimum Gasteiger partial charge on any atom is -0.339 e. The van der Waals surface area contributed by atoms with Crippen molar-refractivity contribution in [2.24, 2.45) is 0 Å². The van der Waals surface area contributed by atoms with Crippen molar-refractivity contribution in [3.63, 3.8) is 0 Å². The van der Waals surface area contributed by atoms with Crippen molar-refractivity contribution in [3.8, 4) is 22.6 Å². The Balaban J connectivity index is 2.03. The molecule has 0 atom stereocenters. The van der Waals surface area contributed by atoms with Gasteiger partial charge in [-0.3, -0.25) is 0 Å². The highest BCUT2D eigenvalue weighted by atomic mass is 35.5. The van der Waals surface area contributed by atoms with Crippen molar-refractivity contribution in [3.05, 3.63) is 53.7 Å². The standard InChI is InChI=1S/C17H17ClN4S/c1-11(2)23-9-15-21-16(12-3-5-13(18)6-4-12)17(22-15)14-7-8-19-10-20-14/h3-8,10-11H,9H2,1-2H3,(H,21,22). The van der Waals surface area contributed by atoms with E-state index in [1.807, 2.05) is 42.1 Å². The molecule has 6 heteroatoms. The predicted octanol–water partition coefficient (Wildman–Crippen LogP) is 4.83. The molecular weight excluding hydrogens is 328 g/mol. The number of nitrogens with one attached hydrogen (secondary N) is 1. The molecule has 0 saturated heterocycles. The van der Waals surface area contributed by atoms with Gasteiger partial charge in [0.1, 0.15) is 12.2 Å². The largest absolute Gasteiger partial charge is 0.339 e. The number of benzene rings is 1. The van der Waals surface area contributed by atoms with Gasteiger partial charge in [-0.15, -0.1) is 0 Å². The number of halogens is 1. The highest BCUT2D eigenvalue weighted by Gasteiger charge is 2.15. The van der Waals surface area contributed by atoms with E-state index in [-0.39, 0.29) is 0 Å². The third kappa shape index (κ3) is 3.92. The number of rotatable bonds is 5. The van der Waals surface area contributed by atoms with Gasteiger partial charge >= 0.3 is 0 Å². The molecule has 3 rings (SSSR count). The lowest BCUT2D eigenvalue weighted by Crippen LogP contribution is -1.91. The van der Waals surface area contributed by atoms with Crippen LogP contribution in [0.1, 0.15) is 19.7 Å². The molecule has 23 heavy (non-hydrogen) atoms. The molecule has 4 nitrogen and oxygen atoms in total. The van der Waals surface area contributed by atoms with Gasteiger partial charge in [-0.25, -0.2) is 15.0 Å². The highest BCUT2D eigenvalue weighted by molar-refractivity contribution is 7.99. The summed E-state index contributed by atoms with van der Waals surface area (Å²) in [7, 11) is 0. The van der Waals surface area contributed by atoms with Crippen LogP contribution < -0.4 is 0 Å². The first-order valence-electron chi connectivity index (χ1n) is 7.36. The van der Waals surface area contributed by atoms with Crippen molar-refractivity contribution in [2.75, 3.05) is 0 Å². The fourth-order valence-electron chi connectivity index (χ4n) is 2.18. The Kier molecular flexibility index (Phi) is 4.98. The van der Waals surface area contributed by atoms with Crippen molar-refractivity contribution < 1.29 is 0 Å². The molecule has 0 fully saturated rings. The first kappa shape index (κ1) is 16.0. The Labute approximate surface area is 144 Å². The zero-order chi connectivity index (χ0) is 16.2. The quantitative estimate of drug-likeness (QED) is 0.720. The second kappa shape index (κ2) is 7.15. The lowest BCUT2D eigenvalue weighted by molar-refractivity contribution is 1.07. The molecule has 2 heterocycles. The van der Waals surface area contributed by atoms with E-state index in [1.165, 1.54) is 0 Å². The Hall–Kier alpha value is -1.85. The van der Waals surface area contributed by atoms with Gasteiger partial charge in [0.25, 0.3) is 0 Å². The Morgan fingerprint density at radius 2 is 1.96 bits per heavy atom. The minimum absolute atomic E-state index is 0.557. The van der Waals surface area contributed by atoms with Gasteiger partial charge in [0.15, 0.2) is 0 Å². The van der Waals surface area contributed by atoms with Gasteiger partial charge in [0, 0.05) is 16.8 Å². The van der Waals surface area contributed by atoms with E-state index in [9.17, 15) is 0 Å². The van der Waals surface area contributed by atoms with Gasteiger partial charge in [0.2, 0.25) is 0 Å². The summed E-state index contributed by atoms with van der Waals surface area (Å²) in [5.41, 5.74) is 3.65. The normalized spacial score (nSPS) is 11.1. The number of aromatic nitrogens is 4. The summed E-state index contributed by atoms with van der Waals surface area (Å²) in [5, 5.41) is 1.27. The smallest absolute Gasteiger partial charge is 0.117 e. The number of aromatic amines is 1. The van der Waals surface area contributed by atoms with Crippen molar-refractivity contribution in [2.45, 2.75) is 24.9 Å². The lowest BCUT2D eigenvalue weighted by Gasteiger charge is -2.02. The average Bonchev–Trinajstić information content (AvgIpc) is 2.99. The SMILES string of the molecule is CC(C)SCc1nc(-c2ccc(Cl)cc2)c(-c2ccncn2)[nH]1. The van der Waals surface area contributed by atoms with Crippen LogP contribution in [-0.4, -0.2) is 25.2 Å². The monoisotopic (exact) mass is 344 g/mol. The van der Waals surface area contributed by atoms with Crippen LogP contribution in [0.2, 0.25) is 5.02 Å². The van der Waals surface area contributed by atoms with Crippen LogP contribution in [0.15, 0.2) is 42.9 Å². The van der Waals surface area contributed by atoms with Crippen LogP contribution in [0.4, 0.5) is 0 Å². The zero-order valence-electron chi connectivity index (χ0n) is 13.0. The van der Waals surface area contributed by atoms with Gasteiger partial charge in [-0.05, 0) is 23.4 Å². The van der Waals surface area contributed by atoms with E-state index >= 15 is 0 Å². The zero-order valence-corrected chi connectivity index (χ0v) is 14.5. The van der Waals surface area contributed by atoms with Crippen molar-refractivity contribution in [1.82, 2.24) is 19.9 Å². The number of nitrogens with zero attached hydrogens (tertiary/aromatic N) is 3. The summed E-state index contributed by atoms with van der Waals surface area (Å²) >= 11 is 7.85. The van der Waals surface area contributed by atoms with Crippen LogP contribution in [0.3, 0.4) is 0 Å². The number of hydrogen-bond donors (Lipinski definition) is 1. The van der Waals surface area contributed by atoms with Gasteiger partial charge in [-0.1, -0.05) is 37.6 Å². The van der Waals surface area contributed by atoms with E-state index in [4.69, 9.17) is 16.6 Å². The number of hydrogen-bond acceptors (Lipinski definition) is 4. The molecule has 0 aliphatic carbocycles. The first-order chi connectivity index (χ1) is 11.1. The van der Waals surface area contributed by atoms with Crippen LogP contribution in [0, 0.1) is 0 Å². The highest BCUT2D eigenvalue weighted by Crippen LogP contribution is 2.30. The maximum atomic E-state index is 5.99. The van der Waals surface area contributed by atoms with Crippen LogP contribution in [0.25, 0.3) is 22.6 Å². The number of imidazole rings is 1. The van der Waals surface area contributed by atoms with E-state index in [2.05, 4.69) is 28.8 Å². The molecule has 0 unspecified atom stereocenters. The fourth-order valence-corrected chi connectivity index (χ4v) is 2.93. The third-order valence-corrected chi connectivity index (χ3v) is 4.62. The topological polar surface area (TPSA) is 54.5 Å². The van der Waals surface area contributed by atoms with Gasteiger partial charge in [-0.2, -0.15) is 11.8 Å². The second-order valence-electron chi connectivity index (χ2n) is 5.37. The number of thioether (sulfide) groups is 1. The molecular formula is C17H17ClN4S. The molecule has 1 N–H and O–H groups in total. The van der Waals surface area contributed by atoms with Gasteiger partial charge in [0.05, 0.1) is 22.8 Å². The Morgan fingerprint density at radius 1 is 1.17 bits per heavy atom. The molecule has 0 aliphatic heterocycles. The Bertz CT molecular complexity index is 769. The van der Waals surface area contributed by atoms with Crippen molar-refractivity contribution in [1.29, 1.82) is 0 Å². The van der Waals surface area contributed by atoms with Crippen molar-refractivity contribution >= 4 is 23.4 Å². The summed E-state index contributed by atoms with van der Waals surface area (Å²) in [6, 6.07) is 9.58. The molecule has 0 spiro atoms. The van der Waals surface area contributed by atoms with Crippen LogP contribution in [-0.2, 0) is 5.75 Å². The van der Waals surface area contributed by atoms with E-state index in [0.717, 1.165) is 34.2 Å². The van der Waals surface area contributed by atoms with Gasteiger partial charge < -0.3 is 4.98 Å². The molecule has 0 aliphatic rings. The van der Waals surface area contributed by atoms with Crippen LogP contribution in [0.5, 0.6) is 0 Å². The molecule has 118 valence electrons. The van der Waals surface area contributed by atoms with E-state index in [1.54, 1.807) is 12.5 Å². The molecule has 0 amide bonds. The second-order valence-corrected chi connectivity index (χ2v) is 7.37. The summed E-state index contributed by atoms with van der Waals surface area (Å²) in [5.74, 6) is 1.78. The summed E-state index contributed by atoms with van der Waals surface area (Å²) in [6.45, 7) is 4.36. The molecule has 0 radical (unpaired) electrons. The molecule has 3 aromatic rings. The molecule has 0 saturated carbocycles. The maximum Gasteiger partial charge on any atom is 0.117 e.